The van der Waals surface area contributed by atoms with E-state index in [4.69, 9.17) is 13.9 Å². The summed E-state index contributed by atoms with van der Waals surface area (Å²) in [6, 6.07) is 12.2. The number of hydrogen-bond donors (Lipinski definition) is 1. The van der Waals surface area contributed by atoms with Gasteiger partial charge in [0, 0.05) is 10.9 Å². The van der Waals surface area contributed by atoms with Crippen molar-refractivity contribution in [1.82, 2.24) is 9.97 Å². The molecule has 0 spiro atoms. The van der Waals surface area contributed by atoms with Crippen LogP contribution in [0, 0.1) is 0 Å². The van der Waals surface area contributed by atoms with E-state index in [0.717, 1.165) is 5.56 Å². The van der Waals surface area contributed by atoms with Gasteiger partial charge in [-0.1, -0.05) is 12.1 Å². The number of methoxy groups -OCH3 is 1. The van der Waals surface area contributed by atoms with Gasteiger partial charge in [0.1, 0.15) is 11.3 Å². The van der Waals surface area contributed by atoms with Gasteiger partial charge in [0.15, 0.2) is 23.7 Å². The number of fused-ring (bicyclic) bond motifs is 1. The van der Waals surface area contributed by atoms with E-state index in [1.54, 1.807) is 19.2 Å². The number of aromatic nitrogens is 2. The van der Waals surface area contributed by atoms with Gasteiger partial charge in [0.25, 0.3) is 5.91 Å². The molecule has 0 atom stereocenters. The van der Waals surface area contributed by atoms with E-state index in [1.165, 1.54) is 23.8 Å². The normalized spacial score (nSPS) is 10.7. The lowest BCUT2D eigenvalue weighted by Gasteiger charge is -2.05. The highest BCUT2D eigenvalue weighted by Crippen LogP contribution is 2.31. The van der Waals surface area contributed by atoms with Crippen LogP contribution in [0.3, 0.4) is 0 Å². The van der Waals surface area contributed by atoms with Crippen LogP contribution in [0.1, 0.15) is 10.4 Å². The van der Waals surface area contributed by atoms with Crippen LogP contribution in [0.4, 0.5) is 5.13 Å². The molecule has 0 aliphatic carbocycles. The fraction of sp³-hybridized carbons (Fsp3) is 0.100. The van der Waals surface area contributed by atoms with Crippen molar-refractivity contribution in [2.75, 3.05) is 19.0 Å². The van der Waals surface area contributed by atoms with E-state index in [2.05, 4.69) is 15.3 Å². The van der Waals surface area contributed by atoms with Gasteiger partial charge in [-0.25, -0.2) is 14.8 Å². The van der Waals surface area contributed by atoms with Gasteiger partial charge in [0.05, 0.1) is 18.4 Å². The Morgan fingerprint density at radius 2 is 2.07 bits per heavy atom. The van der Waals surface area contributed by atoms with E-state index in [1.807, 2.05) is 29.6 Å². The number of carbonyl (C=O) groups excluding carboxylic acids is 2. The lowest BCUT2D eigenvalue weighted by molar-refractivity contribution is -0.119. The second-order valence-corrected chi connectivity index (χ2v) is 6.76. The molecule has 29 heavy (non-hydrogen) atoms. The van der Waals surface area contributed by atoms with Crippen molar-refractivity contribution < 1.29 is 23.5 Å². The molecular formula is C20H15N3O5S. The number of nitrogens with zero attached hydrogens (tertiary/aromatic N) is 2. The van der Waals surface area contributed by atoms with Crippen molar-refractivity contribution in [3.63, 3.8) is 0 Å². The molecule has 4 aromatic rings. The summed E-state index contributed by atoms with van der Waals surface area (Å²) >= 11 is 1.27. The Morgan fingerprint density at radius 1 is 1.21 bits per heavy atom. The molecule has 2 aromatic heterocycles. The summed E-state index contributed by atoms with van der Waals surface area (Å²) in [4.78, 5) is 32.6. The Labute approximate surface area is 169 Å². The van der Waals surface area contributed by atoms with Crippen LogP contribution in [0.2, 0.25) is 0 Å². The number of amides is 1. The Bertz CT molecular complexity index is 1180. The van der Waals surface area contributed by atoms with Crippen molar-refractivity contribution in [1.29, 1.82) is 0 Å². The van der Waals surface area contributed by atoms with Crippen molar-refractivity contribution in [3.05, 3.63) is 59.8 Å². The summed E-state index contributed by atoms with van der Waals surface area (Å²) in [5.74, 6) is -0.430. The predicted octanol–water partition coefficient (Wildman–Crippen LogP) is 3.76. The van der Waals surface area contributed by atoms with Crippen LogP contribution >= 0.6 is 11.3 Å². The average molecular weight is 409 g/mol. The molecule has 0 saturated heterocycles. The Kier molecular flexibility index (Phi) is 5.21. The second-order valence-electron chi connectivity index (χ2n) is 5.90. The summed E-state index contributed by atoms with van der Waals surface area (Å²) in [5.41, 5.74) is 2.88. The first-order valence-corrected chi connectivity index (χ1v) is 9.41. The Balaban J connectivity index is 1.36. The number of oxazole rings is 1. The molecular weight excluding hydrogens is 394 g/mol. The number of ether oxygens (including phenoxy) is 2. The van der Waals surface area contributed by atoms with Gasteiger partial charge >= 0.3 is 5.97 Å². The molecule has 2 aromatic carbocycles. The summed E-state index contributed by atoms with van der Waals surface area (Å²) in [6.07, 6.45) is 1.29. The number of rotatable bonds is 6. The molecule has 0 bridgehead atoms. The first-order valence-electron chi connectivity index (χ1n) is 8.53. The third-order valence-corrected chi connectivity index (χ3v) is 4.79. The molecule has 1 N–H and O–H groups in total. The van der Waals surface area contributed by atoms with E-state index in [0.29, 0.717) is 27.7 Å². The number of para-hydroxylation sites is 1. The molecule has 0 aliphatic heterocycles. The number of carbonyl (C=O) groups is 2. The van der Waals surface area contributed by atoms with E-state index < -0.39 is 18.5 Å². The Morgan fingerprint density at radius 3 is 2.93 bits per heavy atom. The molecule has 9 heteroatoms. The van der Waals surface area contributed by atoms with E-state index in [9.17, 15) is 9.59 Å². The number of anilines is 1. The smallest absolute Gasteiger partial charge is 0.338 e. The van der Waals surface area contributed by atoms with Gasteiger partial charge < -0.3 is 13.9 Å². The number of esters is 1. The highest BCUT2D eigenvalue weighted by atomic mass is 32.1. The molecule has 0 unspecified atom stereocenters. The van der Waals surface area contributed by atoms with E-state index >= 15 is 0 Å². The maximum absolute atomic E-state index is 12.1. The minimum Gasteiger partial charge on any atom is -0.496 e. The van der Waals surface area contributed by atoms with Gasteiger partial charge in [-0.15, -0.1) is 11.3 Å². The molecule has 0 radical (unpaired) electrons. The summed E-state index contributed by atoms with van der Waals surface area (Å²) < 4.78 is 15.5. The molecule has 2 heterocycles. The van der Waals surface area contributed by atoms with Crippen LogP contribution in [-0.4, -0.2) is 35.6 Å². The first kappa shape index (κ1) is 18.6. The number of nitrogens with one attached hydrogen (secondary N) is 1. The van der Waals surface area contributed by atoms with Crippen molar-refractivity contribution >= 4 is 39.4 Å². The van der Waals surface area contributed by atoms with Crippen LogP contribution in [-0.2, 0) is 9.53 Å². The second kappa shape index (κ2) is 8.11. The fourth-order valence-electron chi connectivity index (χ4n) is 2.66. The first-order chi connectivity index (χ1) is 14.1. The van der Waals surface area contributed by atoms with Gasteiger partial charge in [-0.2, -0.15) is 0 Å². The van der Waals surface area contributed by atoms with Crippen LogP contribution in [0.15, 0.2) is 58.7 Å². The van der Waals surface area contributed by atoms with Crippen molar-refractivity contribution in [2.45, 2.75) is 0 Å². The van der Waals surface area contributed by atoms with Gasteiger partial charge in [-0.05, 0) is 30.3 Å². The summed E-state index contributed by atoms with van der Waals surface area (Å²) in [7, 11) is 1.59. The molecule has 8 nitrogen and oxygen atoms in total. The molecule has 0 fully saturated rings. The monoisotopic (exact) mass is 409 g/mol. The molecule has 0 aliphatic rings. The van der Waals surface area contributed by atoms with Crippen molar-refractivity contribution in [2.24, 2.45) is 0 Å². The zero-order chi connectivity index (χ0) is 20.2. The topological polar surface area (TPSA) is 104 Å². The third kappa shape index (κ3) is 4.09. The van der Waals surface area contributed by atoms with Gasteiger partial charge in [-0.3, -0.25) is 10.1 Å². The number of hydrogen-bond acceptors (Lipinski definition) is 8. The summed E-state index contributed by atoms with van der Waals surface area (Å²) in [6.45, 7) is -0.434. The largest absolute Gasteiger partial charge is 0.496 e. The maximum Gasteiger partial charge on any atom is 0.338 e. The number of benzene rings is 2. The average Bonchev–Trinajstić information content (AvgIpc) is 3.40. The number of thiazole rings is 1. The lowest BCUT2D eigenvalue weighted by atomic mass is 10.1. The fourth-order valence-corrected chi connectivity index (χ4v) is 3.39. The van der Waals surface area contributed by atoms with Crippen LogP contribution in [0.25, 0.3) is 22.4 Å². The molecule has 1 amide bonds. The third-order valence-electron chi connectivity index (χ3n) is 4.03. The quantitative estimate of drug-likeness (QED) is 0.484. The summed E-state index contributed by atoms with van der Waals surface area (Å²) in [5, 5.41) is 4.83. The predicted molar refractivity (Wildman–Crippen MR) is 107 cm³/mol. The highest BCUT2D eigenvalue weighted by Gasteiger charge is 2.14. The zero-order valence-electron chi connectivity index (χ0n) is 15.2. The van der Waals surface area contributed by atoms with Crippen molar-refractivity contribution in [3.8, 4) is 17.0 Å². The zero-order valence-corrected chi connectivity index (χ0v) is 16.1. The van der Waals surface area contributed by atoms with E-state index in [-0.39, 0.29) is 5.56 Å². The SMILES string of the molecule is COc1ccccc1-c1csc(NC(=O)COC(=O)c2ccc3ncoc3c2)n1. The standard InChI is InChI=1S/C20H15N3O5S/c1-26-16-5-3-2-4-13(16)15-10-29-20(22-15)23-18(24)9-27-19(25)12-6-7-14-17(8-12)28-11-21-14/h2-8,10-11H,9H2,1H3,(H,22,23,24). The van der Waals surface area contributed by atoms with Gasteiger partial charge in [0.2, 0.25) is 0 Å². The molecule has 146 valence electrons. The van der Waals surface area contributed by atoms with Crippen LogP contribution in [0.5, 0.6) is 5.75 Å². The lowest BCUT2D eigenvalue weighted by Crippen LogP contribution is -2.20. The highest BCUT2D eigenvalue weighted by molar-refractivity contribution is 7.14. The molecule has 0 saturated carbocycles. The maximum atomic E-state index is 12.1. The minimum atomic E-state index is -0.632. The molecule has 4 rings (SSSR count). The minimum absolute atomic E-state index is 0.273. The van der Waals surface area contributed by atoms with Crippen LogP contribution < -0.4 is 10.1 Å². The Hall–Kier alpha value is -3.72.